The van der Waals surface area contributed by atoms with E-state index in [-0.39, 0.29) is 12.4 Å². The van der Waals surface area contributed by atoms with E-state index in [0.717, 1.165) is 56.4 Å². The highest BCUT2D eigenvalue weighted by Crippen LogP contribution is 2.63. The van der Waals surface area contributed by atoms with Crippen LogP contribution >= 0.6 is 12.4 Å². The Morgan fingerprint density at radius 3 is 2.04 bits per heavy atom. The van der Waals surface area contributed by atoms with Gasteiger partial charge in [-0.2, -0.15) is 9.78 Å². The molecule has 0 atom stereocenters. The molecule has 0 aromatic heterocycles. The summed E-state index contributed by atoms with van der Waals surface area (Å²) in [5, 5.41) is 0. The molecule has 0 aromatic rings. The second-order valence-corrected chi connectivity index (χ2v) is 8.73. The molecule has 2 N–H and O–H groups in total. The minimum absolute atomic E-state index is 0. The van der Waals surface area contributed by atoms with Gasteiger partial charge in [0.2, 0.25) is 11.6 Å². The molecular weight excluding hydrogens is 314 g/mol. The van der Waals surface area contributed by atoms with Crippen LogP contribution in [0.25, 0.3) is 0 Å². The molecule has 1 saturated heterocycles. The van der Waals surface area contributed by atoms with Crippen molar-refractivity contribution in [1.29, 1.82) is 0 Å². The fraction of sp³-hybridized carbons (Fsp3) is 1.00. The number of halogens is 1. The van der Waals surface area contributed by atoms with E-state index in [1.807, 2.05) is 0 Å². The van der Waals surface area contributed by atoms with Crippen molar-refractivity contribution < 1.29 is 14.5 Å². The van der Waals surface area contributed by atoms with Crippen LogP contribution in [0.5, 0.6) is 0 Å². The highest BCUT2D eigenvalue weighted by atomic mass is 35.5. The molecule has 5 aliphatic carbocycles. The zero-order chi connectivity index (χ0) is 14.8. The van der Waals surface area contributed by atoms with Gasteiger partial charge in [0, 0.05) is 24.7 Å². The summed E-state index contributed by atoms with van der Waals surface area (Å²) < 4.78 is 6.71. The van der Waals surface area contributed by atoms with Crippen molar-refractivity contribution >= 4 is 12.4 Å². The Labute approximate surface area is 145 Å². The molecule has 6 aliphatic rings. The van der Waals surface area contributed by atoms with Crippen LogP contribution in [0.15, 0.2) is 0 Å². The van der Waals surface area contributed by atoms with Gasteiger partial charge in [-0.3, -0.25) is 0 Å². The normalized spacial score (nSPS) is 53.9. The van der Waals surface area contributed by atoms with Crippen molar-refractivity contribution in [3.63, 3.8) is 0 Å². The first-order valence-electron chi connectivity index (χ1n) is 9.48. The third-order valence-electron chi connectivity index (χ3n) is 7.39. The largest absolute Gasteiger partial charge is 0.330 e. The SMILES string of the molecule is Cl.NCCC1CCC2(CC1)OOC1(O2)C2CC3CC(C2)CC1C3. The Morgan fingerprint density at radius 1 is 0.870 bits per heavy atom. The fourth-order valence-electron chi connectivity index (χ4n) is 6.44. The van der Waals surface area contributed by atoms with E-state index in [9.17, 15) is 0 Å². The molecule has 1 aliphatic heterocycles. The van der Waals surface area contributed by atoms with Gasteiger partial charge in [0.25, 0.3) is 0 Å². The number of hydrogen-bond acceptors (Lipinski definition) is 4. The zero-order valence-corrected chi connectivity index (χ0v) is 14.7. The number of ether oxygens (including phenoxy) is 1. The highest BCUT2D eigenvalue weighted by Gasteiger charge is 2.66. The monoisotopic (exact) mass is 343 g/mol. The average Bonchev–Trinajstić information content (AvgIpc) is 2.88. The first kappa shape index (κ1) is 16.6. The van der Waals surface area contributed by atoms with Gasteiger partial charge in [-0.1, -0.05) is 0 Å². The number of hydrogen-bond donors (Lipinski definition) is 1. The maximum atomic E-state index is 6.71. The van der Waals surface area contributed by atoms with E-state index in [1.165, 1.54) is 32.1 Å². The lowest BCUT2D eigenvalue weighted by molar-refractivity contribution is -0.390. The van der Waals surface area contributed by atoms with E-state index in [0.29, 0.717) is 11.8 Å². The third-order valence-corrected chi connectivity index (χ3v) is 7.39. The van der Waals surface area contributed by atoms with E-state index in [4.69, 9.17) is 20.2 Å². The lowest BCUT2D eigenvalue weighted by Crippen LogP contribution is -2.59. The first-order chi connectivity index (χ1) is 10.7. The molecule has 0 aromatic carbocycles. The van der Waals surface area contributed by atoms with Crippen molar-refractivity contribution in [1.82, 2.24) is 0 Å². The standard InChI is InChI=1S/C18H29NO3.ClH/c19-6-3-12-1-4-17(5-2-12)20-18(22-21-17)15-8-13-7-14(10-15)11-16(18)9-13;/h12-16H,1-11,19H2;1H. The molecule has 2 spiro atoms. The summed E-state index contributed by atoms with van der Waals surface area (Å²) in [4.78, 5) is 12.0. The maximum Gasteiger partial charge on any atom is 0.210 e. The van der Waals surface area contributed by atoms with E-state index in [2.05, 4.69) is 0 Å². The van der Waals surface area contributed by atoms with Gasteiger partial charge < -0.3 is 10.5 Å². The molecule has 132 valence electrons. The van der Waals surface area contributed by atoms with Crippen LogP contribution < -0.4 is 5.73 Å². The Hall–Kier alpha value is 0.130. The average molecular weight is 344 g/mol. The summed E-state index contributed by atoms with van der Waals surface area (Å²) in [5.74, 6) is 2.91. The molecule has 0 radical (unpaired) electrons. The molecule has 0 amide bonds. The van der Waals surface area contributed by atoms with Crippen LogP contribution in [0.1, 0.15) is 64.2 Å². The summed E-state index contributed by atoms with van der Waals surface area (Å²) in [6.07, 6.45) is 12.0. The molecule has 6 fully saturated rings. The quantitative estimate of drug-likeness (QED) is 0.775. The minimum atomic E-state index is -0.444. The lowest BCUT2D eigenvalue weighted by atomic mass is 9.53. The summed E-state index contributed by atoms with van der Waals surface area (Å²) >= 11 is 0. The topological polar surface area (TPSA) is 53.7 Å². The minimum Gasteiger partial charge on any atom is -0.330 e. The number of nitrogens with two attached hydrogens (primary N) is 1. The van der Waals surface area contributed by atoms with Gasteiger partial charge in [0.05, 0.1) is 0 Å². The third kappa shape index (κ3) is 2.48. The predicted molar refractivity (Wildman–Crippen MR) is 88.6 cm³/mol. The van der Waals surface area contributed by atoms with Gasteiger partial charge in [0.15, 0.2) is 0 Å². The second kappa shape index (κ2) is 5.84. The summed E-state index contributed by atoms with van der Waals surface area (Å²) in [6, 6.07) is 0. The van der Waals surface area contributed by atoms with Crippen LogP contribution in [0.4, 0.5) is 0 Å². The van der Waals surface area contributed by atoms with Crippen molar-refractivity contribution in [3.05, 3.63) is 0 Å². The fourth-order valence-corrected chi connectivity index (χ4v) is 6.44. The Morgan fingerprint density at radius 2 is 1.48 bits per heavy atom. The van der Waals surface area contributed by atoms with Gasteiger partial charge in [-0.05, 0) is 75.7 Å². The molecule has 5 saturated carbocycles. The van der Waals surface area contributed by atoms with Crippen molar-refractivity contribution in [2.75, 3.05) is 6.54 Å². The maximum absolute atomic E-state index is 6.71. The molecule has 6 rings (SSSR count). The number of rotatable bonds is 2. The van der Waals surface area contributed by atoms with Crippen LogP contribution in [0, 0.1) is 29.6 Å². The van der Waals surface area contributed by atoms with E-state index < -0.39 is 11.6 Å². The van der Waals surface area contributed by atoms with Gasteiger partial charge in [0.1, 0.15) is 0 Å². The highest BCUT2D eigenvalue weighted by molar-refractivity contribution is 5.85. The summed E-state index contributed by atoms with van der Waals surface area (Å²) in [7, 11) is 0. The Bertz CT molecular complexity index is 422. The van der Waals surface area contributed by atoms with Crippen molar-refractivity contribution in [2.45, 2.75) is 75.8 Å². The van der Waals surface area contributed by atoms with Crippen LogP contribution in [-0.4, -0.2) is 18.1 Å². The predicted octanol–water partition coefficient (Wildman–Crippen LogP) is 3.77. The zero-order valence-electron chi connectivity index (χ0n) is 13.9. The van der Waals surface area contributed by atoms with Gasteiger partial charge in [-0.15, -0.1) is 12.4 Å². The van der Waals surface area contributed by atoms with Crippen LogP contribution in [-0.2, 0) is 14.5 Å². The van der Waals surface area contributed by atoms with Crippen molar-refractivity contribution in [2.24, 2.45) is 35.3 Å². The van der Waals surface area contributed by atoms with Gasteiger partial charge in [-0.25, -0.2) is 0 Å². The molecule has 4 nitrogen and oxygen atoms in total. The second-order valence-electron chi connectivity index (χ2n) is 8.73. The summed E-state index contributed by atoms with van der Waals surface area (Å²) in [5.41, 5.74) is 5.71. The lowest BCUT2D eigenvalue weighted by Gasteiger charge is -2.57. The molecule has 5 heteroatoms. The molecule has 1 heterocycles. The summed E-state index contributed by atoms with van der Waals surface area (Å²) in [6.45, 7) is 0.798. The van der Waals surface area contributed by atoms with Crippen LogP contribution in [0.2, 0.25) is 0 Å². The molecular formula is C18H30ClNO3. The first-order valence-corrected chi connectivity index (χ1v) is 9.48. The van der Waals surface area contributed by atoms with E-state index >= 15 is 0 Å². The Kier molecular flexibility index (Phi) is 4.21. The van der Waals surface area contributed by atoms with Crippen LogP contribution in [0.3, 0.4) is 0 Å². The Balaban J connectivity index is 0.00000135. The smallest absolute Gasteiger partial charge is 0.210 e. The van der Waals surface area contributed by atoms with E-state index in [1.54, 1.807) is 0 Å². The molecule has 23 heavy (non-hydrogen) atoms. The molecule has 0 unspecified atom stereocenters. The van der Waals surface area contributed by atoms with Gasteiger partial charge >= 0.3 is 0 Å². The molecule has 4 bridgehead atoms. The van der Waals surface area contributed by atoms with Crippen molar-refractivity contribution in [3.8, 4) is 0 Å².